The SMILES string of the molecule is CCCCCCC(C)C(=O)OCC(COC(=O)C(C)CCCCCC)OC(=O)CCC[NH2+]CCCC(=O)OC(COC(=O)C(C)CCCCCC)COC(=O)C(C)CCCCCC. The summed E-state index contributed by atoms with van der Waals surface area (Å²) in [5.41, 5.74) is 0. The maximum Gasteiger partial charge on any atom is 0.308 e. The van der Waals surface area contributed by atoms with E-state index in [2.05, 4.69) is 27.7 Å². The highest BCUT2D eigenvalue weighted by Crippen LogP contribution is 2.17. The van der Waals surface area contributed by atoms with Gasteiger partial charge in [-0.25, -0.2) is 0 Å². The maximum atomic E-state index is 12.9. The number of nitrogens with two attached hydrogens (primary N) is 1. The Hall–Kier alpha value is -3.22. The normalized spacial score (nSPS) is 14.1. The zero-order valence-corrected chi connectivity index (χ0v) is 41.2. The first-order chi connectivity index (χ1) is 30.3. The number of ether oxygens (including phenoxy) is 6. The van der Waals surface area contributed by atoms with Gasteiger partial charge in [-0.05, 0) is 25.7 Å². The number of hydrogen-bond acceptors (Lipinski definition) is 12. The Morgan fingerprint density at radius 1 is 0.365 bits per heavy atom. The van der Waals surface area contributed by atoms with Crippen molar-refractivity contribution in [3.8, 4) is 0 Å². The van der Waals surface area contributed by atoms with Gasteiger partial charge in [0.1, 0.15) is 26.4 Å². The van der Waals surface area contributed by atoms with Crippen molar-refractivity contribution in [3.05, 3.63) is 0 Å². The van der Waals surface area contributed by atoms with E-state index in [0.717, 1.165) is 128 Å². The monoisotopic (exact) mass is 899 g/mol. The molecular weight excluding hydrogens is 807 g/mol. The second kappa shape index (κ2) is 40.3. The van der Waals surface area contributed by atoms with Gasteiger partial charge in [0, 0.05) is 12.8 Å². The minimum Gasteiger partial charge on any atom is -0.461 e. The molecule has 0 aliphatic heterocycles. The van der Waals surface area contributed by atoms with Crippen molar-refractivity contribution in [3.63, 3.8) is 0 Å². The van der Waals surface area contributed by atoms with Crippen LogP contribution in [0.4, 0.5) is 0 Å². The molecule has 0 aromatic carbocycles. The van der Waals surface area contributed by atoms with Gasteiger partial charge in [0.25, 0.3) is 0 Å². The Balaban J connectivity index is 5.00. The lowest BCUT2D eigenvalue weighted by Gasteiger charge is -2.20. The summed E-state index contributed by atoms with van der Waals surface area (Å²) >= 11 is 0. The molecule has 0 rings (SSSR count). The average molecular weight is 899 g/mol. The highest BCUT2D eigenvalue weighted by atomic mass is 16.6. The van der Waals surface area contributed by atoms with Crippen molar-refractivity contribution in [1.82, 2.24) is 0 Å². The molecule has 63 heavy (non-hydrogen) atoms. The van der Waals surface area contributed by atoms with E-state index >= 15 is 0 Å². The molecule has 368 valence electrons. The van der Waals surface area contributed by atoms with Crippen LogP contribution in [0.15, 0.2) is 0 Å². The minimum absolute atomic E-state index is 0.117. The van der Waals surface area contributed by atoms with Crippen molar-refractivity contribution in [2.45, 2.75) is 222 Å². The average Bonchev–Trinajstić information content (AvgIpc) is 3.27. The van der Waals surface area contributed by atoms with Crippen LogP contribution in [0.2, 0.25) is 0 Å². The van der Waals surface area contributed by atoms with E-state index in [1.54, 1.807) is 0 Å². The number of carbonyl (C=O) groups excluding carboxylic acids is 6. The Kier molecular flexibility index (Phi) is 38.2. The quantitative estimate of drug-likeness (QED) is 0.0350. The van der Waals surface area contributed by atoms with Gasteiger partial charge in [0.15, 0.2) is 12.2 Å². The van der Waals surface area contributed by atoms with Gasteiger partial charge in [-0.3, -0.25) is 28.8 Å². The van der Waals surface area contributed by atoms with Crippen molar-refractivity contribution in [2.24, 2.45) is 23.7 Å². The van der Waals surface area contributed by atoms with E-state index in [1.807, 2.05) is 33.0 Å². The van der Waals surface area contributed by atoms with Gasteiger partial charge in [-0.2, -0.15) is 0 Å². The zero-order chi connectivity index (χ0) is 47.1. The summed E-state index contributed by atoms with van der Waals surface area (Å²) < 4.78 is 33.4. The molecular formula is C50H92NO12+. The first-order valence-corrected chi connectivity index (χ1v) is 25.2. The summed E-state index contributed by atoms with van der Waals surface area (Å²) in [7, 11) is 0. The fraction of sp³-hybridized carbons (Fsp3) is 0.880. The first kappa shape index (κ1) is 59.8. The van der Waals surface area contributed by atoms with Crippen LogP contribution in [0.3, 0.4) is 0 Å². The number of hydrogen-bond donors (Lipinski definition) is 1. The first-order valence-electron chi connectivity index (χ1n) is 25.2. The van der Waals surface area contributed by atoms with Crippen LogP contribution in [-0.4, -0.2) is 87.5 Å². The molecule has 0 spiro atoms. The van der Waals surface area contributed by atoms with E-state index in [4.69, 9.17) is 28.4 Å². The second-order valence-corrected chi connectivity index (χ2v) is 17.8. The smallest absolute Gasteiger partial charge is 0.308 e. The molecule has 0 aromatic heterocycles. The van der Waals surface area contributed by atoms with Crippen LogP contribution in [0.5, 0.6) is 0 Å². The Morgan fingerprint density at radius 3 is 0.857 bits per heavy atom. The van der Waals surface area contributed by atoms with Gasteiger partial charge in [0.2, 0.25) is 0 Å². The number of rotatable bonds is 42. The van der Waals surface area contributed by atoms with Crippen LogP contribution < -0.4 is 5.32 Å². The van der Waals surface area contributed by atoms with Gasteiger partial charge in [-0.1, -0.05) is 158 Å². The van der Waals surface area contributed by atoms with E-state index in [-0.39, 0.29) is 86.8 Å². The summed E-state index contributed by atoms with van der Waals surface area (Å²) in [6.07, 6.45) is 19.2. The van der Waals surface area contributed by atoms with Gasteiger partial charge >= 0.3 is 35.8 Å². The minimum atomic E-state index is -0.909. The van der Waals surface area contributed by atoms with Crippen molar-refractivity contribution in [1.29, 1.82) is 0 Å². The third kappa shape index (κ3) is 33.9. The highest BCUT2D eigenvalue weighted by Gasteiger charge is 2.25. The lowest BCUT2D eigenvalue weighted by Crippen LogP contribution is -2.84. The molecule has 0 fully saturated rings. The molecule has 0 amide bonds. The zero-order valence-electron chi connectivity index (χ0n) is 41.2. The summed E-state index contributed by atoms with van der Waals surface area (Å²) in [5.74, 6) is -3.53. The lowest BCUT2D eigenvalue weighted by molar-refractivity contribution is -0.655. The van der Waals surface area contributed by atoms with Gasteiger partial charge < -0.3 is 33.7 Å². The van der Waals surface area contributed by atoms with Gasteiger partial charge in [-0.15, -0.1) is 0 Å². The molecule has 0 bridgehead atoms. The number of quaternary nitrogens is 1. The standard InChI is InChI=1S/C50H91NO12/c1-9-13-17-21-27-39(5)47(54)58-35-43(36-59-48(55)40(6)28-22-18-14-10-2)62-45(52)31-25-33-51-34-26-32-46(53)63-44(37-60-49(56)41(7)29-23-19-15-11-3)38-61-50(57)42(8)30-24-20-16-12-4/h39-44,51H,9-38H2,1-8H3/p+1. The number of carbonyl (C=O) groups is 6. The van der Waals surface area contributed by atoms with Crippen LogP contribution in [-0.2, 0) is 57.2 Å². The third-order valence-electron chi connectivity index (χ3n) is 11.4. The van der Waals surface area contributed by atoms with E-state index in [1.165, 1.54) is 0 Å². The van der Waals surface area contributed by atoms with Crippen LogP contribution in [0, 0.1) is 23.7 Å². The molecule has 0 radical (unpaired) electrons. The predicted molar refractivity (Wildman–Crippen MR) is 245 cm³/mol. The second-order valence-electron chi connectivity index (χ2n) is 17.8. The van der Waals surface area contributed by atoms with Crippen molar-refractivity contribution >= 4 is 35.8 Å². The fourth-order valence-corrected chi connectivity index (χ4v) is 6.90. The fourth-order valence-electron chi connectivity index (χ4n) is 6.90. The highest BCUT2D eigenvalue weighted by molar-refractivity contribution is 5.74. The Labute approximate surface area is 382 Å². The summed E-state index contributed by atoms with van der Waals surface area (Å²) in [6, 6.07) is 0. The molecule has 0 aromatic rings. The molecule has 13 heteroatoms. The molecule has 2 N–H and O–H groups in total. The molecule has 4 atom stereocenters. The van der Waals surface area contributed by atoms with Crippen LogP contribution in [0.25, 0.3) is 0 Å². The topological polar surface area (TPSA) is 174 Å². The van der Waals surface area contributed by atoms with Crippen LogP contribution in [0.1, 0.15) is 209 Å². The number of unbranched alkanes of at least 4 members (excludes halogenated alkanes) is 12. The van der Waals surface area contributed by atoms with Crippen molar-refractivity contribution < 1.29 is 62.5 Å². The molecule has 0 aliphatic rings. The summed E-state index contributed by atoms with van der Waals surface area (Å²) in [4.78, 5) is 76.6. The van der Waals surface area contributed by atoms with E-state index in [0.29, 0.717) is 25.9 Å². The molecule has 0 heterocycles. The summed E-state index contributed by atoms with van der Waals surface area (Å²) in [5, 5.41) is 2.00. The largest absolute Gasteiger partial charge is 0.461 e. The number of esters is 6. The van der Waals surface area contributed by atoms with Crippen LogP contribution >= 0.6 is 0 Å². The molecule has 4 unspecified atom stereocenters. The predicted octanol–water partition coefficient (Wildman–Crippen LogP) is 9.53. The summed E-state index contributed by atoms with van der Waals surface area (Å²) in [6.45, 7) is 16.3. The van der Waals surface area contributed by atoms with Gasteiger partial charge in [0.05, 0.1) is 49.6 Å². The van der Waals surface area contributed by atoms with E-state index in [9.17, 15) is 28.8 Å². The third-order valence-corrected chi connectivity index (χ3v) is 11.4. The molecule has 0 saturated heterocycles. The van der Waals surface area contributed by atoms with E-state index < -0.39 is 24.1 Å². The lowest BCUT2D eigenvalue weighted by atomic mass is 10.0. The molecule has 0 aliphatic carbocycles. The maximum absolute atomic E-state index is 12.9. The molecule has 13 nitrogen and oxygen atoms in total. The van der Waals surface area contributed by atoms with Crippen molar-refractivity contribution in [2.75, 3.05) is 39.5 Å². The Morgan fingerprint density at radius 2 is 0.619 bits per heavy atom. The molecule has 0 saturated carbocycles. The Bertz CT molecular complexity index is 1050.